The van der Waals surface area contributed by atoms with Gasteiger partial charge in [-0.1, -0.05) is 140 Å². The number of ether oxygens (including phenoxy) is 1. The molecule has 10 aromatic carbocycles. The van der Waals surface area contributed by atoms with Gasteiger partial charge in [0.1, 0.15) is 11.5 Å². The van der Waals surface area contributed by atoms with Crippen LogP contribution < -0.4 is 4.74 Å². The van der Waals surface area contributed by atoms with Crippen molar-refractivity contribution in [3.63, 3.8) is 0 Å². The van der Waals surface area contributed by atoms with Crippen LogP contribution in [-0.2, 0) is 0 Å². The normalized spacial score (nSPS) is 12.3. The van der Waals surface area contributed by atoms with Crippen molar-refractivity contribution in [3.8, 4) is 56.6 Å². The molecule has 5 nitrogen and oxygen atoms in total. The molecule has 0 bridgehead atoms. The van der Waals surface area contributed by atoms with Crippen LogP contribution in [0, 0.1) is 0 Å². The van der Waals surface area contributed by atoms with Gasteiger partial charge in [-0.2, -0.15) is 0 Å². The first kappa shape index (κ1) is 34.2. The third-order valence-electron chi connectivity index (χ3n) is 13.1. The molecule has 292 valence electrons. The summed E-state index contributed by atoms with van der Waals surface area (Å²) in [7, 11) is 0. The summed E-state index contributed by atoms with van der Waals surface area (Å²) in [4.78, 5) is 10.6. The quantitative estimate of drug-likeness (QED) is 0.178. The van der Waals surface area contributed by atoms with Crippen LogP contribution in [0.1, 0.15) is 0 Å². The highest BCUT2D eigenvalue weighted by Gasteiger charge is 2.25. The molecule has 0 fully saturated rings. The monoisotopic (exact) mass is 802 g/mol. The van der Waals surface area contributed by atoms with E-state index < -0.39 is 0 Å². The van der Waals surface area contributed by atoms with E-state index in [1.54, 1.807) is 0 Å². The van der Waals surface area contributed by atoms with E-state index in [9.17, 15) is 0 Å². The molecule has 13 aromatic rings. The van der Waals surface area contributed by atoms with Crippen LogP contribution in [0.2, 0.25) is 0 Å². The molecule has 0 atom stereocenters. The predicted molar refractivity (Wildman–Crippen MR) is 260 cm³/mol. The Morgan fingerprint density at radius 1 is 0.349 bits per heavy atom. The minimum atomic E-state index is 0.630. The zero-order valence-electron chi connectivity index (χ0n) is 33.8. The zero-order valence-corrected chi connectivity index (χ0v) is 33.8. The second-order valence-corrected chi connectivity index (χ2v) is 16.5. The molecule has 3 aromatic heterocycles. The molecule has 14 rings (SSSR count). The average Bonchev–Trinajstić information content (AvgIpc) is 3.84. The van der Waals surface area contributed by atoms with Gasteiger partial charge in [-0.3, -0.25) is 4.57 Å². The van der Waals surface area contributed by atoms with Gasteiger partial charge in [0.25, 0.3) is 0 Å². The fourth-order valence-corrected chi connectivity index (χ4v) is 10.2. The smallest absolute Gasteiger partial charge is 0.235 e. The summed E-state index contributed by atoms with van der Waals surface area (Å²) >= 11 is 0. The molecular weight excluding hydrogens is 769 g/mol. The lowest BCUT2D eigenvalue weighted by atomic mass is 9.97. The van der Waals surface area contributed by atoms with Crippen molar-refractivity contribution in [3.05, 3.63) is 206 Å². The van der Waals surface area contributed by atoms with Gasteiger partial charge in [0.05, 0.1) is 44.4 Å². The van der Waals surface area contributed by atoms with Gasteiger partial charge in [0, 0.05) is 32.5 Å². The zero-order chi connectivity index (χ0) is 41.2. The number of nitrogens with zero attached hydrogens (tertiary/aromatic N) is 4. The summed E-state index contributed by atoms with van der Waals surface area (Å²) in [5, 5.41) is 10.6. The summed E-state index contributed by atoms with van der Waals surface area (Å²) in [6.45, 7) is 0. The molecule has 0 unspecified atom stereocenters. The van der Waals surface area contributed by atoms with Gasteiger partial charge in [0.15, 0.2) is 0 Å². The van der Waals surface area contributed by atoms with Crippen LogP contribution in [0.15, 0.2) is 206 Å². The van der Waals surface area contributed by atoms with Crippen LogP contribution in [0.3, 0.4) is 0 Å². The maximum absolute atomic E-state index is 6.34. The first-order valence-electron chi connectivity index (χ1n) is 21.4. The van der Waals surface area contributed by atoms with E-state index in [1.807, 2.05) is 30.3 Å². The molecule has 1 aliphatic heterocycles. The van der Waals surface area contributed by atoms with Crippen LogP contribution >= 0.6 is 0 Å². The number of aromatic nitrogens is 4. The fourth-order valence-electron chi connectivity index (χ4n) is 10.2. The van der Waals surface area contributed by atoms with E-state index >= 15 is 0 Å². The molecule has 0 amide bonds. The topological polar surface area (TPSA) is 44.9 Å². The number of para-hydroxylation sites is 2. The Kier molecular flexibility index (Phi) is 7.05. The number of hydrogen-bond donors (Lipinski definition) is 0. The van der Waals surface area contributed by atoms with Crippen molar-refractivity contribution >= 4 is 76.1 Å². The summed E-state index contributed by atoms with van der Waals surface area (Å²) < 4.78 is 11.0. The van der Waals surface area contributed by atoms with Gasteiger partial charge in [-0.25, -0.2) is 9.97 Å². The van der Waals surface area contributed by atoms with E-state index in [1.165, 1.54) is 54.5 Å². The Hall–Kier alpha value is -8.54. The van der Waals surface area contributed by atoms with Crippen LogP contribution in [0.4, 0.5) is 0 Å². The second kappa shape index (κ2) is 13.0. The van der Waals surface area contributed by atoms with Gasteiger partial charge in [-0.15, -0.1) is 0 Å². The SMILES string of the molecule is c1ccc(-c2ccc(-n3c4ccc(-c5ccc6c7ccccc7n(-c7nc8c9c(cccc9n7)Oc7ccccc7-8)c6c5)cc4c4cc5ccccc5cc43)c3ccccc23)cc1. The summed E-state index contributed by atoms with van der Waals surface area (Å²) in [5.41, 5.74) is 13.0. The average molecular weight is 803 g/mol. The van der Waals surface area contributed by atoms with Crippen LogP contribution in [0.5, 0.6) is 11.5 Å². The number of hydrogen-bond acceptors (Lipinski definition) is 3. The summed E-state index contributed by atoms with van der Waals surface area (Å²) in [5.74, 6) is 2.21. The highest BCUT2D eigenvalue weighted by atomic mass is 16.5. The third kappa shape index (κ3) is 4.99. The minimum Gasteiger partial charge on any atom is -0.456 e. The van der Waals surface area contributed by atoms with E-state index in [0.29, 0.717) is 5.95 Å². The maximum atomic E-state index is 6.34. The van der Waals surface area contributed by atoms with E-state index in [2.05, 4.69) is 185 Å². The Morgan fingerprint density at radius 3 is 1.92 bits per heavy atom. The first-order chi connectivity index (χ1) is 31.2. The number of rotatable bonds is 4. The molecular formula is C58H34N4O. The third-order valence-corrected chi connectivity index (χ3v) is 13.1. The molecule has 0 saturated carbocycles. The molecule has 63 heavy (non-hydrogen) atoms. The summed E-state index contributed by atoms with van der Waals surface area (Å²) in [6, 6.07) is 74.1. The lowest BCUT2D eigenvalue weighted by Gasteiger charge is -2.21. The van der Waals surface area contributed by atoms with E-state index in [-0.39, 0.29) is 0 Å². The maximum Gasteiger partial charge on any atom is 0.235 e. The Balaban J connectivity index is 0.998. The highest BCUT2D eigenvalue weighted by Crippen LogP contribution is 2.46. The van der Waals surface area contributed by atoms with E-state index in [0.717, 1.165) is 72.3 Å². The van der Waals surface area contributed by atoms with Crippen molar-refractivity contribution < 1.29 is 4.74 Å². The van der Waals surface area contributed by atoms with Crippen molar-refractivity contribution in [1.29, 1.82) is 0 Å². The van der Waals surface area contributed by atoms with Gasteiger partial charge < -0.3 is 9.30 Å². The van der Waals surface area contributed by atoms with Crippen molar-refractivity contribution in [2.24, 2.45) is 0 Å². The molecule has 0 spiro atoms. The van der Waals surface area contributed by atoms with Crippen LogP contribution in [-0.4, -0.2) is 19.1 Å². The molecule has 4 heterocycles. The number of fused-ring (bicyclic) bond motifs is 10. The van der Waals surface area contributed by atoms with E-state index in [4.69, 9.17) is 14.7 Å². The molecule has 1 aliphatic rings. The van der Waals surface area contributed by atoms with Gasteiger partial charge in [-0.05, 0) is 105 Å². The summed E-state index contributed by atoms with van der Waals surface area (Å²) in [6.07, 6.45) is 0. The molecule has 0 aliphatic carbocycles. The van der Waals surface area contributed by atoms with Crippen molar-refractivity contribution in [2.45, 2.75) is 0 Å². The Labute approximate surface area is 361 Å². The molecule has 5 heteroatoms. The second-order valence-electron chi connectivity index (χ2n) is 16.5. The van der Waals surface area contributed by atoms with Gasteiger partial charge >= 0.3 is 0 Å². The van der Waals surface area contributed by atoms with Crippen molar-refractivity contribution in [2.75, 3.05) is 0 Å². The molecule has 0 N–H and O–H groups in total. The molecule has 0 radical (unpaired) electrons. The standard InChI is InChI=1S/C58H34N4O/c1-2-13-35(14-3-1)40-28-30-50(42-18-7-6-17-41(40)42)61-51-29-26-38(32-46(51)47-31-36-15-4-5-16-37(36)33-53(47)61)39-25-27-44-43-19-8-10-22-49(43)62(52(44)34-39)58-59-48-21-12-24-55-56(48)57(60-58)45-20-9-11-23-54(45)63-55/h1-34H. The largest absolute Gasteiger partial charge is 0.456 e. The lowest BCUT2D eigenvalue weighted by Crippen LogP contribution is -2.06. The fraction of sp³-hybridized carbons (Fsp3) is 0. The Bertz CT molecular complexity index is 4070. The molecule has 0 saturated heterocycles. The van der Waals surface area contributed by atoms with Crippen molar-refractivity contribution in [1.82, 2.24) is 19.1 Å². The minimum absolute atomic E-state index is 0.630. The van der Waals surface area contributed by atoms with Crippen LogP contribution in [0.25, 0.3) is 121 Å². The Morgan fingerprint density at radius 2 is 1.02 bits per heavy atom. The van der Waals surface area contributed by atoms with Gasteiger partial charge in [0.2, 0.25) is 5.95 Å². The number of benzene rings is 10. The lowest BCUT2D eigenvalue weighted by molar-refractivity contribution is 0.486. The first-order valence-corrected chi connectivity index (χ1v) is 21.4. The highest BCUT2D eigenvalue weighted by molar-refractivity contribution is 6.16. The predicted octanol–water partition coefficient (Wildman–Crippen LogP) is 15.2.